The zero-order valence-electron chi connectivity index (χ0n) is 14.2. The van der Waals surface area contributed by atoms with Crippen LogP contribution in [0.5, 0.6) is 0 Å². The third-order valence-electron chi connectivity index (χ3n) is 5.42. The molecule has 24 heavy (non-hydrogen) atoms. The topological polar surface area (TPSA) is 51.9 Å². The third kappa shape index (κ3) is 3.24. The lowest BCUT2D eigenvalue weighted by Crippen LogP contribution is -2.60. The molecule has 0 radical (unpaired) electrons. The van der Waals surface area contributed by atoms with Crippen LogP contribution in [0.25, 0.3) is 0 Å². The van der Waals surface area contributed by atoms with Crippen molar-refractivity contribution in [2.24, 2.45) is 5.92 Å². The van der Waals surface area contributed by atoms with Crippen LogP contribution in [0, 0.1) is 12.8 Å². The minimum atomic E-state index is 0.0963. The Morgan fingerprint density at radius 3 is 2.92 bits per heavy atom. The van der Waals surface area contributed by atoms with Crippen LogP contribution in [0.2, 0.25) is 0 Å². The van der Waals surface area contributed by atoms with Gasteiger partial charge in [0.05, 0.1) is 22.7 Å². The van der Waals surface area contributed by atoms with Gasteiger partial charge in [-0.25, -0.2) is 0 Å². The SMILES string of the molecule is Cc1occc1C(=O)N1CC2(C[C@@H](OCC3CCOCC3)CS2)C1. The number of carbonyl (C=O) groups is 1. The van der Waals surface area contributed by atoms with Crippen molar-refractivity contribution in [2.75, 3.05) is 38.7 Å². The molecule has 0 bridgehead atoms. The monoisotopic (exact) mass is 351 g/mol. The van der Waals surface area contributed by atoms with Crippen LogP contribution < -0.4 is 0 Å². The maximum atomic E-state index is 12.5. The Morgan fingerprint density at radius 1 is 1.42 bits per heavy atom. The molecule has 4 heterocycles. The predicted octanol–water partition coefficient (Wildman–Crippen LogP) is 2.73. The van der Waals surface area contributed by atoms with Crippen LogP contribution in [-0.4, -0.2) is 60.3 Å². The molecular weight excluding hydrogens is 326 g/mol. The van der Waals surface area contributed by atoms with Gasteiger partial charge in [0.15, 0.2) is 0 Å². The number of thioether (sulfide) groups is 1. The maximum absolute atomic E-state index is 12.5. The molecule has 0 aromatic carbocycles. The fourth-order valence-corrected chi connectivity index (χ4v) is 5.44. The van der Waals surface area contributed by atoms with E-state index >= 15 is 0 Å². The summed E-state index contributed by atoms with van der Waals surface area (Å²) >= 11 is 1.98. The van der Waals surface area contributed by atoms with Gasteiger partial charge in [-0.15, -0.1) is 11.8 Å². The van der Waals surface area contributed by atoms with Gasteiger partial charge in [0, 0.05) is 38.7 Å². The molecule has 1 atom stereocenters. The quantitative estimate of drug-likeness (QED) is 0.835. The third-order valence-corrected chi connectivity index (χ3v) is 6.99. The van der Waals surface area contributed by atoms with Crippen LogP contribution in [0.1, 0.15) is 35.4 Å². The van der Waals surface area contributed by atoms with Crippen LogP contribution in [0.3, 0.4) is 0 Å². The summed E-state index contributed by atoms with van der Waals surface area (Å²) in [7, 11) is 0. The molecule has 0 unspecified atom stereocenters. The fourth-order valence-electron chi connectivity index (χ4n) is 3.89. The zero-order chi connectivity index (χ0) is 16.6. The maximum Gasteiger partial charge on any atom is 0.257 e. The molecule has 1 amide bonds. The Hall–Kier alpha value is -0.980. The molecule has 0 N–H and O–H groups in total. The first-order valence-electron chi connectivity index (χ1n) is 8.82. The van der Waals surface area contributed by atoms with Gasteiger partial charge in [0.1, 0.15) is 5.76 Å². The number of ether oxygens (including phenoxy) is 2. The summed E-state index contributed by atoms with van der Waals surface area (Å²) < 4.78 is 17.0. The van der Waals surface area contributed by atoms with E-state index in [1.54, 1.807) is 12.3 Å². The van der Waals surface area contributed by atoms with Crippen molar-refractivity contribution < 1.29 is 18.7 Å². The number of rotatable bonds is 4. The summed E-state index contributed by atoms with van der Waals surface area (Å²) in [5, 5.41) is 0. The number of furan rings is 1. The molecule has 6 heteroatoms. The molecule has 0 saturated carbocycles. The molecular formula is C18H25NO4S. The molecule has 1 aromatic rings. The Bertz CT molecular complexity index is 590. The highest BCUT2D eigenvalue weighted by Crippen LogP contribution is 2.46. The largest absolute Gasteiger partial charge is 0.469 e. The zero-order valence-corrected chi connectivity index (χ0v) is 15.0. The van der Waals surface area contributed by atoms with Crippen LogP contribution in [0.15, 0.2) is 16.7 Å². The lowest BCUT2D eigenvalue weighted by Gasteiger charge is -2.47. The Morgan fingerprint density at radius 2 is 2.21 bits per heavy atom. The summed E-state index contributed by atoms with van der Waals surface area (Å²) in [5.41, 5.74) is 0.695. The van der Waals surface area contributed by atoms with Gasteiger partial charge in [-0.1, -0.05) is 0 Å². The van der Waals surface area contributed by atoms with Gasteiger partial charge < -0.3 is 18.8 Å². The Kier molecular flexibility index (Phi) is 4.62. The standard InChI is InChI=1S/C18H25NO4S/c1-13-16(4-7-22-13)17(20)19-11-18(12-19)8-15(10-24-18)23-9-14-2-5-21-6-3-14/h4,7,14-15H,2-3,5-6,8-12H2,1H3/t15-/m1/s1. The Balaban J connectivity index is 1.24. The second-order valence-electron chi connectivity index (χ2n) is 7.26. The van der Waals surface area contributed by atoms with E-state index in [9.17, 15) is 4.79 Å². The first kappa shape index (κ1) is 16.5. The van der Waals surface area contributed by atoms with Gasteiger partial charge in [-0.3, -0.25) is 4.79 Å². The normalized spacial score (nSPS) is 26.7. The average molecular weight is 351 g/mol. The molecule has 5 nitrogen and oxygen atoms in total. The van der Waals surface area contributed by atoms with E-state index in [-0.39, 0.29) is 10.7 Å². The van der Waals surface area contributed by atoms with Gasteiger partial charge >= 0.3 is 0 Å². The average Bonchev–Trinajstić information content (AvgIpc) is 3.18. The second-order valence-corrected chi connectivity index (χ2v) is 8.75. The molecule has 0 aliphatic carbocycles. The highest BCUT2D eigenvalue weighted by atomic mass is 32.2. The van der Waals surface area contributed by atoms with E-state index in [1.165, 1.54) is 0 Å². The first-order valence-corrected chi connectivity index (χ1v) is 9.80. The Labute approximate surface area is 147 Å². The number of amides is 1. The van der Waals surface area contributed by atoms with Gasteiger partial charge in [0.2, 0.25) is 0 Å². The molecule has 1 aromatic heterocycles. The van der Waals surface area contributed by atoms with E-state index in [0.29, 0.717) is 23.3 Å². The van der Waals surface area contributed by atoms with Crippen molar-refractivity contribution in [3.63, 3.8) is 0 Å². The molecule has 3 fully saturated rings. The lowest BCUT2D eigenvalue weighted by molar-refractivity contribution is -0.0118. The number of aryl methyl sites for hydroxylation is 1. The van der Waals surface area contributed by atoms with Crippen molar-refractivity contribution in [1.82, 2.24) is 4.90 Å². The second kappa shape index (κ2) is 6.73. The number of hydrogen-bond acceptors (Lipinski definition) is 5. The molecule has 132 valence electrons. The van der Waals surface area contributed by atoms with Crippen molar-refractivity contribution in [3.05, 3.63) is 23.7 Å². The van der Waals surface area contributed by atoms with Crippen LogP contribution in [0.4, 0.5) is 0 Å². The summed E-state index contributed by atoms with van der Waals surface area (Å²) in [6, 6.07) is 1.77. The fraction of sp³-hybridized carbons (Fsp3) is 0.722. The van der Waals surface area contributed by atoms with E-state index in [0.717, 1.165) is 57.9 Å². The molecule has 3 aliphatic heterocycles. The molecule has 1 spiro atoms. The first-order chi connectivity index (χ1) is 11.7. The minimum absolute atomic E-state index is 0.0963. The van der Waals surface area contributed by atoms with Crippen molar-refractivity contribution >= 4 is 17.7 Å². The van der Waals surface area contributed by atoms with Crippen molar-refractivity contribution in [3.8, 4) is 0 Å². The van der Waals surface area contributed by atoms with Crippen LogP contribution in [-0.2, 0) is 9.47 Å². The van der Waals surface area contributed by atoms with Gasteiger partial charge in [-0.05, 0) is 38.2 Å². The van der Waals surface area contributed by atoms with Crippen LogP contribution >= 0.6 is 11.8 Å². The smallest absolute Gasteiger partial charge is 0.257 e. The summed E-state index contributed by atoms with van der Waals surface area (Å²) in [5.74, 6) is 2.51. The molecule has 4 rings (SSSR count). The number of carbonyl (C=O) groups excluding carboxylic acids is 1. The van der Waals surface area contributed by atoms with E-state index in [4.69, 9.17) is 13.9 Å². The van der Waals surface area contributed by atoms with Gasteiger partial charge in [0.25, 0.3) is 5.91 Å². The summed E-state index contributed by atoms with van der Waals surface area (Å²) in [6.45, 7) is 6.12. The van der Waals surface area contributed by atoms with Gasteiger partial charge in [-0.2, -0.15) is 0 Å². The molecule has 3 saturated heterocycles. The van der Waals surface area contributed by atoms with E-state index in [2.05, 4.69) is 0 Å². The highest BCUT2D eigenvalue weighted by Gasteiger charge is 2.51. The number of nitrogens with zero attached hydrogens (tertiary/aromatic N) is 1. The molecule has 3 aliphatic rings. The summed E-state index contributed by atoms with van der Waals surface area (Å²) in [6.07, 6.45) is 5.23. The highest BCUT2D eigenvalue weighted by molar-refractivity contribution is 8.01. The number of likely N-dealkylation sites (tertiary alicyclic amines) is 1. The van der Waals surface area contributed by atoms with Crippen molar-refractivity contribution in [2.45, 2.75) is 37.0 Å². The minimum Gasteiger partial charge on any atom is -0.469 e. The predicted molar refractivity (Wildman–Crippen MR) is 92.4 cm³/mol. The lowest BCUT2D eigenvalue weighted by atomic mass is 9.92. The number of hydrogen-bond donors (Lipinski definition) is 0. The summed E-state index contributed by atoms with van der Waals surface area (Å²) in [4.78, 5) is 14.4. The van der Waals surface area contributed by atoms with E-state index in [1.807, 2.05) is 23.6 Å². The van der Waals surface area contributed by atoms with Crippen molar-refractivity contribution in [1.29, 1.82) is 0 Å². The van der Waals surface area contributed by atoms with E-state index < -0.39 is 0 Å².